The van der Waals surface area contributed by atoms with Crippen LogP contribution in [0.2, 0.25) is 0 Å². The van der Waals surface area contributed by atoms with Gasteiger partial charge in [0.1, 0.15) is 5.03 Å². The fourth-order valence-electron chi connectivity index (χ4n) is 1.67. The summed E-state index contributed by atoms with van der Waals surface area (Å²) in [5, 5.41) is 9.95. The molecule has 0 aliphatic rings. The summed E-state index contributed by atoms with van der Waals surface area (Å²) < 4.78 is 1.93. The first-order valence-electron chi connectivity index (χ1n) is 5.44. The number of aryl methyl sites for hydroxylation is 1. The maximum Gasteiger partial charge on any atom is 0.201 e. The highest BCUT2D eigenvalue weighted by Crippen LogP contribution is 2.27. The molecule has 0 aliphatic heterocycles. The Morgan fingerprint density at radius 2 is 2.17 bits per heavy atom. The molecule has 0 spiro atoms. The highest BCUT2D eigenvalue weighted by molar-refractivity contribution is 7.99. The van der Waals surface area contributed by atoms with E-state index in [1.807, 2.05) is 41.8 Å². The van der Waals surface area contributed by atoms with Gasteiger partial charge in [0, 0.05) is 6.20 Å². The SMILES string of the molecule is Cc1cc(N)cnc1Sc1nnc2ccccn12. The molecule has 0 saturated heterocycles. The molecule has 2 N–H and O–H groups in total. The maximum atomic E-state index is 5.69. The Kier molecular flexibility index (Phi) is 2.64. The van der Waals surface area contributed by atoms with Crippen molar-refractivity contribution in [2.45, 2.75) is 17.1 Å². The van der Waals surface area contributed by atoms with Crippen molar-refractivity contribution in [3.8, 4) is 0 Å². The zero-order valence-electron chi connectivity index (χ0n) is 9.74. The van der Waals surface area contributed by atoms with E-state index in [9.17, 15) is 0 Å². The van der Waals surface area contributed by atoms with E-state index in [4.69, 9.17) is 5.73 Å². The van der Waals surface area contributed by atoms with Crippen molar-refractivity contribution in [3.05, 3.63) is 42.2 Å². The summed E-state index contributed by atoms with van der Waals surface area (Å²) in [6.07, 6.45) is 3.59. The summed E-state index contributed by atoms with van der Waals surface area (Å²) in [4.78, 5) is 4.32. The van der Waals surface area contributed by atoms with Gasteiger partial charge in [0.2, 0.25) is 5.16 Å². The predicted octanol–water partition coefficient (Wildman–Crippen LogP) is 2.17. The Morgan fingerprint density at radius 1 is 1.28 bits per heavy atom. The first kappa shape index (κ1) is 11.0. The van der Waals surface area contributed by atoms with Crippen molar-refractivity contribution in [1.82, 2.24) is 19.6 Å². The fraction of sp³-hybridized carbons (Fsp3) is 0.0833. The lowest BCUT2D eigenvalue weighted by molar-refractivity contribution is 0.915. The number of rotatable bonds is 2. The predicted molar refractivity (Wildman–Crippen MR) is 70.5 cm³/mol. The molecule has 90 valence electrons. The molecule has 5 nitrogen and oxygen atoms in total. The van der Waals surface area contributed by atoms with E-state index in [1.54, 1.807) is 6.20 Å². The lowest BCUT2D eigenvalue weighted by Crippen LogP contribution is -1.92. The lowest BCUT2D eigenvalue weighted by Gasteiger charge is -2.03. The minimum atomic E-state index is 0.669. The van der Waals surface area contributed by atoms with Crippen LogP contribution in [0, 0.1) is 6.92 Å². The summed E-state index contributed by atoms with van der Waals surface area (Å²) >= 11 is 1.48. The van der Waals surface area contributed by atoms with Crippen LogP contribution >= 0.6 is 11.8 Å². The number of pyridine rings is 2. The third-order valence-electron chi connectivity index (χ3n) is 2.52. The van der Waals surface area contributed by atoms with Gasteiger partial charge in [-0.3, -0.25) is 4.40 Å². The molecule has 0 unspecified atom stereocenters. The highest BCUT2D eigenvalue weighted by atomic mass is 32.2. The maximum absolute atomic E-state index is 5.69. The molecule has 0 atom stereocenters. The number of fused-ring (bicyclic) bond motifs is 1. The number of hydrogen-bond acceptors (Lipinski definition) is 5. The van der Waals surface area contributed by atoms with Crippen molar-refractivity contribution in [1.29, 1.82) is 0 Å². The minimum Gasteiger partial charge on any atom is -0.397 e. The number of nitrogen functional groups attached to an aromatic ring is 1. The molecule has 3 aromatic heterocycles. The van der Waals surface area contributed by atoms with E-state index in [-0.39, 0.29) is 0 Å². The van der Waals surface area contributed by atoms with Crippen LogP contribution in [0.15, 0.2) is 46.8 Å². The molecule has 0 amide bonds. The number of hydrogen-bond donors (Lipinski definition) is 1. The standard InChI is InChI=1S/C12H11N5S/c1-8-6-9(13)7-14-11(8)18-12-16-15-10-4-2-3-5-17(10)12/h2-7H,13H2,1H3. The smallest absolute Gasteiger partial charge is 0.201 e. The average Bonchev–Trinajstić information content (AvgIpc) is 2.76. The third kappa shape index (κ3) is 1.91. The van der Waals surface area contributed by atoms with Gasteiger partial charge in [0.05, 0.1) is 11.9 Å². The quantitative estimate of drug-likeness (QED) is 0.762. The zero-order chi connectivity index (χ0) is 12.5. The number of nitrogens with two attached hydrogens (primary N) is 1. The fourth-order valence-corrected chi connectivity index (χ4v) is 2.50. The van der Waals surface area contributed by atoms with E-state index in [0.29, 0.717) is 5.69 Å². The summed E-state index contributed by atoms with van der Waals surface area (Å²) in [5.74, 6) is 0. The molecule has 0 bridgehead atoms. The molecule has 0 fully saturated rings. The molecule has 0 aliphatic carbocycles. The van der Waals surface area contributed by atoms with Crippen LogP contribution in [0.3, 0.4) is 0 Å². The van der Waals surface area contributed by atoms with Gasteiger partial charge < -0.3 is 5.73 Å². The van der Waals surface area contributed by atoms with Crippen LogP contribution in [0.25, 0.3) is 5.65 Å². The normalized spacial score (nSPS) is 10.9. The largest absolute Gasteiger partial charge is 0.397 e. The van der Waals surface area contributed by atoms with E-state index in [2.05, 4.69) is 15.2 Å². The molecule has 3 heterocycles. The molecule has 6 heteroatoms. The van der Waals surface area contributed by atoms with Gasteiger partial charge in [-0.1, -0.05) is 6.07 Å². The lowest BCUT2D eigenvalue weighted by atomic mass is 10.3. The van der Waals surface area contributed by atoms with E-state index < -0.39 is 0 Å². The first-order valence-corrected chi connectivity index (χ1v) is 6.25. The third-order valence-corrected chi connectivity index (χ3v) is 3.60. The molecule has 0 aromatic carbocycles. The van der Waals surface area contributed by atoms with E-state index in [1.165, 1.54) is 11.8 Å². The first-order chi connectivity index (χ1) is 8.74. The van der Waals surface area contributed by atoms with E-state index in [0.717, 1.165) is 21.4 Å². The summed E-state index contributed by atoms with van der Waals surface area (Å²) in [7, 11) is 0. The van der Waals surface area contributed by atoms with Crippen LogP contribution in [0.1, 0.15) is 5.56 Å². The Balaban J connectivity index is 2.01. The van der Waals surface area contributed by atoms with Gasteiger partial charge in [-0.15, -0.1) is 10.2 Å². The second-order valence-corrected chi connectivity index (χ2v) is 4.86. The second kappa shape index (κ2) is 4.30. The van der Waals surface area contributed by atoms with Gasteiger partial charge in [-0.25, -0.2) is 4.98 Å². The number of nitrogens with zero attached hydrogens (tertiary/aromatic N) is 4. The Morgan fingerprint density at radius 3 is 3.00 bits per heavy atom. The molecule has 0 radical (unpaired) electrons. The van der Waals surface area contributed by atoms with Crippen LogP contribution < -0.4 is 5.73 Å². The Hall–Kier alpha value is -2.08. The zero-order valence-corrected chi connectivity index (χ0v) is 10.6. The number of anilines is 1. The number of aromatic nitrogens is 4. The summed E-state index contributed by atoms with van der Waals surface area (Å²) in [6.45, 7) is 1.98. The minimum absolute atomic E-state index is 0.669. The molecular weight excluding hydrogens is 246 g/mol. The Labute approximate surface area is 108 Å². The van der Waals surface area contributed by atoms with Crippen molar-refractivity contribution in [2.75, 3.05) is 5.73 Å². The van der Waals surface area contributed by atoms with Crippen LogP contribution in [0.5, 0.6) is 0 Å². The summed E-state index contributed by atoms with van der Waals surface area (Å²) in [6, 6.07) is 7.70. The molecule has 3 rings (SSSR count). The monoisotopic (exact) mass is 257 g/mol. The van der Waals surface area contributed by atoms with Gasteiger partial charge in [0.25, 0.3) is 0 Å². The van der Waals surface area contributed by atoms with Gasteiger partial charge in [-0.05, 0) is 42.4 Å². The molecule has 18 heavy (non-hydrogen) atoms. The van der Waals surface area contributed by atoms with Crippen LogP contribution in [-0.2, 0) is 0 Å². The second-order valence-electron chi connectivity index (χ2n) is 3.90. The van der Waals surface area contributed by atoms with Gasteiger partial charge >= 0.3 is 0 Å². The molecular formula is C12H11N5S. The molecule has 3 aromatic rings. The Bertz CT molecular complexity index is 707. The van der Waals surface area contributed by atoms with Gasteiger partial charge in [-0.2, -0.15) is 0 Å². The van der Waals surface area contributed by atoms with Gasteiger partial charge in [0.15, 0.2) is 5.65 Å². The topological polar surface area (TPSA) is 69.1 Å². The van der Waals surface area contributed by atoms with Crippen LogP contribution in [0.4, 0.5) is 5.69 Å². The molecule has 0 saturated carbocycles. The summed E-state index contributed by atoms with van der Waals surface area (Å²) in [5.41, 5.74) is 8.22. The van der Waals surface area contributed by atoms with Crippen molar-refractivity contribution in [3.63, 3.8) is 0 Å². The van der Waals surface area contributed by atoms with Crippen molar-refractivity contribution >= 4 is 23.1 Å². The van der Waals surface area contributed by atoms with Crippen LogP contribution in [-0.4, -0.2) is 19.6 Å². The van der Waals surface area contributed by atoms with Crippen molar-refractivity contribution in [2.24, 2.45) is 0 Å². The van der Waals surface area contributed by atoms with Crippen molar-refractivity contribution < 1.29 is 0 Å². The highest BCUT2D eigenvalue weighted by Gasteiger charge is 2.09. The van der Waals surface area contributed by atoms with E-state index >= 15 is 0 Å². The average molecular weight is 257 g/mol.